The maximum absolute atomic E-state index is 13.4. The average Bonchev–Trinajstić information content (AvgIpc) is 2.15. The maximum atomic E-state index is 13.4. The summed E-state index contributed by atoms with van der Waals surface area (Å²) in [5.74, 6) is -3.12. The van der Waals surface area contributed by atoms with Crippen LogP contribution in [-0.2, 0) is 4.79 Å². The van der Waals surface area contributed by atoms with Gasteiger partial charge in [0, 0.05) is 7.05 Å². The van der Waals surface area contributed by atoms with E-state index in [4.69, 9.17) is 10.4 Å². The number of likely N-dealkylation sites (N-methyl/N-ethyl adjacent to an activating group) is 1. The molecule has 0 aliphatic carbocycles. The third kappa shape index (κ3) is 2.45. The number of anilines is 1. The molecule has 0 unspecified atom stereocenters. The number of carboxylic acid groups (broad SMARTS) is 1. The average molecular weight is 226 g/mol. The van der Waals surface area contributed by atoms with Crippen LogP contribution in [0.4, 0.5) is 14.5 Å². The van der Waals surface area contributed by atoms with E-state index in [2.05, 4.69) is 0 Å². The van der Waals surface area contributed by atoms with Gasteiger partial charge in [-0.2, -0.15) is 5.26 Å². The molecular weight excluding hydrogens is 218 g/mol. The van der Waals surface area contributed by atoms with Crippen molar-refractivity contribution in [2.75, 3.05) is 18.5 Å². The van der Waals surface area contributed by atoms with Gasteiger partial charge in [0.2, 0.25) is 0 Å². The van der Waals surface area contributed by atoms with Crippen LogP contribution in [0.3, 0.4) is 0 Å². The van der Waals surface area contributed by atoms with E-state index in [1.807, 2.05) is 0 Å². The first-order chi connectivity index (χ1) is 7.45. The van der Waals surface area contributed by atoms with Gasteiger partial charge in [-0.15, -0.1) is 0 Å². The van der Waals surface area contributed by atoms with Crippen molar-refractivity contribution >= 4 is 11.7 Å². The summed E-state index contributed by atoms with van der Waals surface area (Å²) in [7, 11) is 1.25. The van der Waals surface area contributed by atoms with Crippen LogP contribution in [0.2, 0.25) is 0 Å². The highest BCUT2D eigenvalue weighted by molar-refractivity contribution is 5.73. The highest BCUT2D eigenvalue weighted by Gasteiger charge is 2.16. The van der Waals surface area contributed by atoms with Crippen LogP contribution >= 0.6 is 0 Å². The Kier molecular flexibility index (Phi) is 3.40. The van der Waals surface area contributed by atoms with Crippen molar-refractivity contribution in [2.24, 2.45) is 0 Å². The first kappa shape index (κ1) is 11.9. The maximum Gasteiger partial charge on any atom is 0.323 e. The molecule has 0 radical (unpaired) electrons. The molecular formula is C10H8F2N2O2. The lowest BCUT2D eigenvalue weighted by molar-refractivity contribution is -0.135. The van der Waals surface area contributed by atoms with Crippen molar-refractivity contribution in [3.05, 3.63) is 29.3 Å². The lowest BCUT2D eigenvalue weighted by atomic mass is 10.2. The second-order valence-corrected chi connectivity index (χ2v) is 3.15. The molecule has 0 saturated carbocycles. The Labute approximate surface area is 90.3 Å². The number of hydrogen-bond acceptors (Lipinski definition) is 3. The number of rotatable bonds is 3. The van der Waals surface area contributed by atoms with Crippen LogP contribution in [0.25, 0.3) is 0 Å². The van der Waals surface area contributed by atoms with Crippen molar-refractivity contribution in [1.82, 2.24) is 0 Å². The van der Waals surface area contributed by atoms with Crippen LogP contribution < -0.4 is 4.90 Å². The van der Waals surface area contributed by atoms with E-state index in [-0.39, 0.29) is 5.56 Å². The summed E-state index contributed by atoms with van der Waals surface area (Å²) in [5.41, 5.74) is -0.608. The molecule has 84 valence electrons. The molecule has 0 spiro atoms. The Bertz CT molecular complexity index is 445. The normalized spacial score (nSPS) is 9.62. The van der Waals surface area contributed by atoms with Gasteiger partial charge in [0.15, 0.2) is 11.6 Å². The molecule has 1 rings (SSSR count). The first-order valence-corrected chi connectivity index (χ1v) is 4.27. The summed E-state index contributed by atoms with van der Waals surface area (Å²) in [4.78, 5) is 11.3. The molecule has 0 heterocycles. The fourth-order valence-electron chi connectivity index (χ4n) is 1.28. The van der Waals surface area contributed by atoms with E-state index in [1.54, 1.807) is 6.07 Å². The molecule has 1 aromatic rings. The minimum atomic E-state index is -1.20. The number of benzene rings is 1. The molecule has 0 amide bonds. The summed E-state index contributed by atoms with van der Waals surface area (Å²) in [6, 6.07) is 3.32. The van der Waals surface area contributed by atoms with E-state index in [0.717, 1.165) is 17.0 Å². The SMILES string of the molecule is CN(CC(=O)O)c1c(F)cc(C#N)cc1F. The standard InChI is InChI=1S/C10H8F2N2O2/c1-14(5-9(15)16)10-7(11)2-6(4-13)3-8(10)12/h2-3H,5H2,1H3,(H,15,16). The Hall–Kier alpha value is -2.16. The Morgan fingerprint density at radius 2 is 2.00 bits per heavy atom. The van der Waals surface area contributed by atoms with Gasteiger partial charge in [-0.25, -0.2) is 8.78 Å². The van der Waals surface area contributed by atoms with Crippen molar-refractivity contribution in [2.45, 2.75) is 0 Å². The van der Waals surface area contributed by atoms with Gasteiger partial charge >= 0.3 is 5.97 Å². The summed E-state index contributed by atoms with van der Waals surface area (Å²) >= 11 is 0. The van der Waals surface area contributed by atoms with Gasteiger partial charge < -0.3 is 10.0 Å². The monoisotopic (exact) mass is 226 g/mol. The van der Waals surface area contributed by atoms with Gasteiger partial charge in [-0.05, 0) is 12.1 Å². The lowest BCUT2D eigenvalue weighted by Crippen LogP contribution is -2.27. The van der Waals surface area contributed by atoms with E-state index in [9.17, 15) is 13.6 Å². The van der Waals surface area contributed by atoms with Crippen LogP contribution in [0.15, 0.2) is 12.1 Å². The number of carbonyl (C=O) groups is 1. The summed E-state index contributed by atoms with van der Waals surface area (Å²) < 4.78 is 26.7. The molecule has 1 aromatic carbocycles. The van der Waals surface area contributed by atoms with Crippen molar-refractivity contribution in [1.29, 1.82) is 5.26 Å². The first-order valence-electron chi connectivity index (χ1n) is 4.27. The molecule has 0 aliphatic rings. The molecule has 0 atom stereocenters. The second kappa shape index (κ2) is 4.57. The summed E-state index contributed by atoms with van der Waals surface area (Å²) in [5, 5.41) is 17.0. The quantitative estimate of drug-likeness (QED) is 0.845. The van der Waals surface area contributed by atoms with Gasteiger partial charge in [0.25, 0.3) is 0 Å². The number of nitriles is 1. The molecule has 0 saturated heterocycles. The molecule has 1 N–H and O–H groups in total. The topological polar surface area (TPSA) is 64.3 Å². The summed E-state index contributed by atoms with van der Waals surface area (Å²) in [6.45, 7) is -0.528. The van der Waals surface area contributed by atoms with E-state index >= 15 is 0 Å². The number of carboxylic acids is 1. The highest BCUT2D eigenvalue weighted by Crippen LogP contribution is 2.23. The third-order valence-electron chi connectivity index (χ3n) is 1.90. The van der Waals surface area contributed by atoms with Gasteiger partial charge in [-0.3, -0.25) is 4.79 Å². The van der Waals surface area contributed by atoms with E-state index < -0.39 is 29.8 Å². The minimum absolute atomic E-state index is 0.150. The zero-order chi connectivity index (χ0) is 12.3. The van der Waals surface area contributed by atoms with Gasteiger partial charge in [0.05, 0.1) is 11.6 Å². The highest BCUT2D eigenvalue weighted by atomic mass is 19.1. The molecule has 0 bridgehead atoms. The Balaban J connectivity index is 3.15. The zero-order valence-electron chi connectivity index (χ0n) is 8.37. The second-order valence-electron chi connectivity index (χ2n) is 3.15. The summed E-state index contributed by atoms with van der Waals surface area (Å²) in [6.07, 6.45) is 0. The fraction of sp³-hybridized carbons (Fsp3) is 0.200. The fourth-order valence-corrected chi connectivity index (χ4v) is 1.28. The van der Waals surface area contributed by atoms with Crippen LogP contribution in [0.1, 0.15) is 5.56 Å². The Morgan fingerprint density at radius 3 is 2.38 bits per heavy atom. The molecule has 0 aliphatic heterocycles. The molecule has 16 heavy (non-hydrogen) atoms. The van der Waals surface area contributed by atoms with Crippen molar-refractivity contribution in [3.8, 4) is 6.07 Å². The third-order valence-corrected chi connectivity index (χ3v) is 1.90. The van der Waals surface area contributed by atoms with Crippen molar-refractivity contribution in [3.63, 3.8) is 0 Å². The van der Waals surface area contributed by atoms with Crippen LogP contribution in [-0.4, -0.2) is 24.7 Å². The van der Waals surface area contributed by atoms with Crippen LogP contribution in [0.5, 0.6) is 0 Å². The number of hydrogen-bond donors (Lipinski definition) is 1. The minimum Gasteiger partial charge on any atom is -0.480 e. The molecule has 0 aromatic heterocycles. The van der Waals surface area contributed by atoms with Crippen molar-refractivity contribution < 1.29 is 18.7 Å². The molecule has 0 fully saturated rings. The smallest absolute Gasteiger partial charge is 0.323 e. The predicted molar refractivity (Wildman–Crippen MR) is 52.0 cm³/mol. The predicted octanol–water partition coefficient (Wildman–Crippen LogP) is 1.36. The molecule has 4 nitrogen and oxygen atoms in total. The van der Waals surface area contributed by atoms with Gasteiger partial charge in [0.1, 0.15) is 12.2 Å². The zero-order valence-corrected chi connectivity index (χ0v) is 8.37. The number of nitrogens with zero attached hydrogens (tertiary/aromatic N) is 2. The number of halogens is 2. The van der Waals surface area contributed by atoms with Gasteiger partial charge in [-0.1, -0.05) is 0 Å². The van der Waals surface area contributed by atoms with E-state index in [0.29, 0.717) is 0 Å². The molecule has 6 heteroatoms. The van der Waals surface area contributed by atoms with E-state index in [1.165, 1.54) is 7.05 Å². The lowest BCUT2D eigenvalue weighted by Gasteiger charge is -2.18. The van der Waals surface area contributed by atoms with Crippen LogP contribution in [0, 0.1) is 23.0 Å². The Morgan fingerprint density at radius 1 is 1.50 bits per heavy atom. The largest absolute Gasteiger partial charge is 0.480 e. The number of aliphatic carboxylic acids is 1.